The first kappa shape index (κ1) is 22.2. The quantitative estimate of drug-likeness (QED) is 0.204. The Labute approximate surface area is 202 Å². The molecule has 0 atom stereocenters. The van der Waals surface area contributed by atoms with Gasteiger partial charge in [0.2, 0.25) is 5.96 Å². The van der Waals surface area contributed by atoms with Gasteiger partial charge in [-0.3, -0.25) is 5.41 Å². The second-order valence-electron chi connectivity index (χ2n) is 8.13. The summed E-state index contributed by atoms with van der Waals surface area (Å²) in [6.07, 6.45) is 1.84. The van der Waals surface area contributed by atoms with E-state index in [1.807, 2.05) is 18.2 Å². The van der Waals surface area contributed by atoms with Crippen molar-refractivity contribution in [2.75, 3.05) is 0 Å². The molecule has 34 heavy (non-hydrogen) atoms. The van der Waals surface area contributed by atoms with Gasteiger partial charge in [-0.05, 0) is 43.2 Å². The molecular weight excluding hydrogens is 470 g/mol. The second-order valence-corrected chi connectivity index (χ2v) is 10.4. The number of halogens is 1. The molecule has 1 heterocycles. The van der Waals surface area contributed by atoms with Crippen LogP contribution in [0.1, 0.15) is 18.4 Å². The van der Waals surface area contributed by atoms with Crippen LogP contribution in [0, 0.1) is 11.3 Å². The zero-order valence-electron chi connectivity index (χ0n) is 18.1. The SMILES string of the molecule is N=C(N)NN=C(c1c(-c2ccc(Cl)cc2)n(S(=O)(=O)c2ccccc2)c2ccccc12)C1CC1. The minimum atomic E-state index is -3.96. The highest BCUT2D eigenvalue weighted by Crippen LogP contribution is 2.42. The van der Waals surface area contributed by atoms with Gasteiger partial charge in [0.1, 0.15) is 0 Å². The first-order valence-corrected chi connectivity index (χ1v) is 12.6. The van der Waals surface area contributed by atoms with Gasteiger partial charge in [-0.1, -0.05) is 60.1 Å². The number of hydrogen-bond donors (Lipinski definition) is 3. The number of benzene rings is 3. The molecule has 0 spiro atoms. The maximum Gasteiger partial charge on any atom is 0.268 e. The number of nitrogens with zero attached hydrogens (tertiary/aromatic N) is 2. The zero-order chi connectivity index (χ0) is 23.9. The van der Waals surface area contributed by atoms with Crippen LogP contribution in [0.4, 0.5) is 0 Å². The van der Waals surface area contributed by atoms with E-state index < -0.39 is 10.0 Å². The van der Waals surface area contributed by atoms with Crippen molar-refractivity contribution in [1.82, 2.24) is 9.40 Å². The van der Waals surface area contributed by atoms with Crippen molar-refractivity contribution in [2.24, 2.45) is 16.8 Å². The van der Waals surface area contributed by atoms with E-state index in [1.165, 1.54) is 3.97 Å². The topological polar surface area (TPSA) is 113 Å². The van der Waals surface area contributed by atoms with Crippen LogP contribution in [0.15, 0.2) is 88.9 Å². The van der Waals surface area contributed by atoms with Crippen molar-refractivity contribution in [3.05, 3.63) is 89.4 Å². The number of nitrogens with two attached hydrogens (primary N) is 1. The number of rotatable bonds is 6. The Morgan fingerprint density at radius 1 is 1.00 bits per heavy atom. The second kappa shape index (κ2) is 8.62. The van der Waals surface area contributed by atoms with E-state index in [2.05, 4.69) is 10.5 Å². The Morgan fingerprint density at radius 3 is 2.29 bits per heavy atom. The lowest BCUT2D eigenvalue weighted by Crippen LogP contribution is -2.27. The highest BCUT2D eigenvalue weighted by molar-refractivity contribution is 7.90. The van der Waals surface area contributed by atoms with Crippen LogP contribution in [-0.4, -0.2) is 24.1 Å². The molecule has 172 valence electrons. The fourth-order valence-corrected chi connectivity index (χ4v) is 5.81. The molecule has 1 aliphatic rings. The molecule has 4 N–H and O–H groups in total. The van der Waals surface area contributed by atoms with Crippen molar-refractivity contribution < 1.29 is 8.42 Å². The standard InChI is InChI=1S/C25H22ClN5O2S/c26-18-14-12-17(13-15-18)24-22(23(16-10-11-16)29-30-25(27)28)20-8-4-5-9-21(20)31(24)34(32,33)19-6-2-1-3-7-19/h1-9,12-16H,10-11H2,(H4,27,28,30). The Hall–Kier alpha value is -3.62. The van der Waals surface area contributed by atoms with Gasteiger partial charge in [0, 0.05) is 27.5 Å². The molecule has 1 aromatic heterocycles. The number of para-hydroxylation sites is 1. The van der Waals surface area contributed by atoms with E-state index in [1.54, 1.807) is 60.7 Å². The Morgan fingerprint density at radius 2 is 1.65 bits per heavy atom. The minimum Gasteiger partial charge on any atom is -0.369 e. The number of hydrogen-bond acceptors (Lipinski definition) is 4. The average molecular weight is 492 g/mol. The minimum absolute atomic E-state index is 0.136. The van der Waals surface area contributed by atoms with E-state index in [-0.39, 0.29) is 16.8 Å². The van der Waals surface area contributed by atoms with Gasteiger partial charge in [-0.15, -0.1) is 0 Å². The number of guanidine groups is 1. The molecule has 1 saturated carbocycles. The van der Waals surface area contributed by atoms with Crippen LogP contribution >= 0.6 is 11.6 Å². The fraction of sp³-hybridized carbons (Fsp3) is 0.120. The molecule has 0 saturated heterocycles. The van der Waals surface area contributed by atoms with E-state index in [0.29, 0.717) is 33.1 Å². The molecule has 7 nitrogen and oxygen atoms in total. The molecule has 9 heteroatoms. The molecule has 3 aromatic carbocycles. The van der Waals surface area contributed by atoms with Crippen molar-refractivity contribution in [3.63, 3.8) is 0 Å². The third-order valence-electron chi connectivity index (χ3n) is 5.75. The normalized spacial score (nSPS) is 14.3. The van der Waals surface area contributed by atoms with Gasteiger partial charge >= 0.3 is 0 Å². The van der Waals surface area contributed by atoms with Crippen molar-refractivity contribution in [3.8, 4) is 11.3 Å². The van der Waals surface area contributed by atoms with Crippen molar-refractivity contribution in [2.45, 2.75) is 17.7 Å². The maximum absolute atomic E-state index is 14.0. The number of fused-ring (bicyclic) bond motifs is 1. The fourth-order valence-electron chi connectivity index (χ4n) is 4.12. The van der Waals surface area contributed by atoms with Gasteiger partial charge in [0.05, 0.1) is 21.8 Å². The summed E-state index contributed by atoms with van der Waals surface area (Å²) in [5.41, 5.74) is 11.2. The number of aromatic nitrogens is 1. The predicted octanol–water partition coefficient (Wildman–Crippen LogP) is 4.80. The van der Waals surface area contributed by atoms with Gasteiger partial charge in [0.15, 0.2) is 0 Å². The predicted molar refractivity (Wildman–Crippen MR) is 136 cm³/mol. The molecule has 0 radical (unpaired) electrons. The van der Waals surface area contributed by atoms with Gasteiger partial charge < -0.3 is 5.73 Å². The molecule has 0 bridgehead atoms. The molecule has 1 aliphatic carbocycles. The summed E-state index contributed by atoms with van der Waals surface area (Å²) < 4.78 is 29.4. The van der Waals surface area contributed by atoms with E-state index in [0.717, 1.165) is 18.2 Å². The first-order valence-electron chi connectivity index (χ1n) is 10.8. The molecule has 1 fully saturated rings. The van der Waals surface area contributed by atoms with Crippen LogP contribution in [0.3, 0.4) is 0 Å². The van der Waals surface area contributed by atoms with E-state index in [9.17, 15) is 8.42 Å². The molecule has 0 unspecified atom stereocenters. The van der Waals surface area contributed by atoms with Crippen LogP contribution in [0.25, 0.3) is 22.2 Å². The number of nitrogens with one attached hydrogen (secondary N) is 2. The van der Waals surface area contributed by atoms with Crippen molar-refractivity contribution in [1.29, 1.82) is 5.41 Å². The zero-order valence-corrected chi connectivity index (χ0v) is 19.6. The average Bonchev–Trinajstić information content (AvgIpc) is 3.61. The molecule has 4 aromatic rings. The first-order chi connectivity index (χ1) is 16.4. The van der Waals surface area contributed by atoms with E-state index in [4.69, 9.17) is 22.7 Å². The molecule has 5 rings (SSSR count). The summed E-state index contributed by atoms with van der Waals surface area (Å²) in [5, 5.41) is 13.3. The summed E-state index contributed by atoms with van der Waals surface area (Å²) in [6.45, 7) is 0. The maximum atomic E-state index is 14.0. The summed E-state index contributed by atoms with van der Waals surface area (Å²) >= 11 is 6.15. The number of hydrazone groups is 1. The third-order valence-corrected chi connectivity index (χ3v) is 7.73. The largest absolute Gasteiger partial charge is 0.369 e. The summed E-state index contributed by atoms with van der Waals surface area (Å²) in [4.78, 5) is 0.185. The third kappa shape index (κ3) is 3.95. The Kier molecular flexibility index (Phi) is 5.63. The summed E-state index contributed by atoms with van der Waals surface area (Å²) in [5.74, 6) is -0.150. The Bertz CT molecular complexity index is 1520. The Balaban J connectivity index is 1.91. The summed E-state index contributed by atoms with van der Waals surface area (Å²) in [6, 6.07) is 22.8. The van der Waals surface area contributed by atoms with Gasteiger partial charge in [-0.25, -0.2) is 17.8 Å². The monoisotopic (exact) mass is 491 g/mol. The van der Waals surface area contributed by atoms with Gasteiger partial charge in [-0.2, -0.15) is 5.10 Å². The lowest BCUT2D eigenvalue weighted by atomic mass is 9.98. The summed E-state index contributed by atoms with van der Waals surface area (Å²) in [7, 11) is -3.96. The van der Waals surface area contributed by atoms with Crippen LogP contribution in [0.5, 0.6) is 0 Å². The van der Waals surface area contributed by atoms with E-state index >= 15 is 0 Å². The van der Waals surface area contributed by atoms with Crippen molar-refractivity contribution >= 4 is 44.2 Å². The van der Waals surface area contributed by atoms with Crippen LogP contribution in [0.2, 0.25) is 5.02 Å². The molecule has 0 amide bonds. The smallest absolute Gasteiger partial charge is 0.268 e. The highest BCUT2D eigenvalue weighted by atomic mass is 35.5. The van der Waals surface area contributed by atoms with Crippen LogP contribution in [-0.2, 0) is 10.0 Å². The molecular formula is C25H22ClN5O2S. The highest BCUT2D eigenvalue weighted by Gasteiger charge is 2.36. The molecule has 0 aliphatic heterocycles. The lowest BCUT2D eigenvalue weighted by Gasteiger charge is -2.15. The van der Waals surface area contributed by atoms with Gasteiger partial charge in [0.25, 0.3) is 10.0 Å². The van der Waals surface area contributed by atoms with Crippen LogP contribution < -0.4 is 11.2 Å². The lowest BCUT2D eigenvalue weighted by molar-refractivity contribution is 0.589.